The zero-order chi connectivity index (χ0) is 18.7. The molecule has 1 fully saturated rings. The molecule has 4 nitrogen and oxygen atoms in total. The minimum atomic E-state index is -0.497. The van der Waals surface area contributed by atoms with Gasteiger partial charge in [0.15, 0.2) is 5.11 Å². The van der Waals surface area contributed by atoms with Crippen molar-refractivity contribution >= 4 is 56.8 Å². The lowest BCUT2D eigenvalue weighted by atomic mass is 10.1. The van der Waals surface area contributed by atoms with Gasteiger partial charge in [0.2, 0.25) is 0 Å². The Morgan fingerprint density at radius 2 is 1.85 bits per heavy atom. The Labute approximate surface area is 165 Å². The van der Waals surface area contributed by atoms with Crippen LogP contribution in [0.25, 0.3) is 6.08 Å². The van der Waals surface area contributed by atoms with Gasteiger partial charge in [0.25, 0.3) is 11.8 Å². The average molecular weight is 427 g/mol. The number of halogens is 1. The molecule has 3 rings (SSSR count). The highest BCUT2D eigenvalue weighted by atomic mass is 79.9. The Morgan fingerprint density at radius 3 is 2.54 bits per heavy atom. The molecule has 0 radical (unpaired) electrons. The van der Waals surface area contributed by atoms with E-state index in [9.17, 15) is 9.59 Å². The highest BCUT2D eigenvalue weighted by Crippen LogP contribution is 2.27. The Bertz CT molecular complexity index is 952. The summed E-state index contributed by atoms with van der Waals surface area (Å²) in [6.45, 7) is 1.88. The number of benzene rings is 2. The van der Waals surface area contributed by atoms with Crippen LogP contribution in [0.3, 0.4) is 0 Å². The summed E-state index contributed by atoms with van der Waals surface area (Å²) in [6.07, 6.45) is 5.02. The second kappa shape index (κ2) is 7.76. The standard InChI is InChI=1S/C20H15BrN2O2S/c1-13-12-15(21)10-11-17(13)23-19(25)16(18(24)22-20(23)26)9-5-8-14-6-3-2-4-7-14/h2-12H,1H3,(H,22,24,26). The van der Waals surface area contributed by atoms with E-state index in [0.29, 0.717) is 5.69 Å². The Kier molecular flexibility index (Phi) is 5.44. The predicted molar refractivity (Wildman–Crippen MR) is 111 cm³/mol. The molecule has 2 amide bonds. The number of aryl methyl sites for hydroxylation is 1. The second-order valence-corrected chi connectivity index (χ2v) is 6.98. The first-order valence-corrected chi connectivity index (χ1v) is 9.07. The quantitative estimate of drug-likeness (QED) is 0.455. The van der Waals surface area contributed by atoms with Crippen LogP contribution in [-0.4, -0.2) is 16.9 Å². The van der Waals surface area contributed by atoms with Gasteiger partial charge in [-0.2, -0.15) is 0 Å². The van der Waals surface area contributed by atoms with Crippen LogP contribution in [0.1, 0.15) is 11.1 Å². The van der Waals surface area contributed by atoms with E-state index >= 15 is 0 Å². The van der Waals surface area contributed by atoms with Gasteiger partial charge >= 0.3 is 0 Å². The molecule has 0 aliphatic carbocycles. The van der Waals surface area contributed by atoms with E-state index in [0.717, 1.165) is 15.6 Å². The van der Waals surface area contributed by atoms with Gasteiger partial charge in [0.05, 0.1) is 5.69 Å². The van der Waals surface area contributed by atoms with Crippen molar-refractivity contribution in [1.29, 1.82) is 0 Å². The van der Waals surface area contributed by atoms with Crippen LogP contribution < -0.4 is 10.2 Å². The highest BCUT2D eigenvalue weighted by molar-refractivity contribution is 9.10. The van der Waals surface area contributed by atoms with Crippen molar-refractivity contribution in [3.63, 3.8) is 0 Å². The fourth-order valence-corrected chi connectivity index (χ4v) is 3.33. The van der Waals surface area contributed by atoms with Crippen LogP contribution in [0.4, 0.5) is 5.69 Å². The van der Waals surface area contributed by atoms with Crippen LogP contribution in [0, 0.1) is 6.92 Å². The zero-order valence-corrected chi connectivity index (χ0v) is 16.3. The lowest BCUT2D eigenvalue weighted by Gasteiger charge is -2.29. The summed E-state index contributed by atoms with van der Waals surface area (Å²) in [6, 6.07) is 15.1. The summed E-state index contributed by atoms with van der Waals surface area (Å²) in [5.74, 6) is -0.939. The maximum absolute atomic E-state index is 12.9. The van der Waals surface area contributed by atoms with Crippen molar-refractivity contribution in [2.45, 2.75) is 6.92 Å². The van der Waals surface area contributed by atoms with E-state index in [-0.39, 0.29) is 10.7 Å². The summed E-state index contributed by atoms with van der Waals surface area (Å²) in [5, 5.41) is 2.66. The number of nitrogens with zero attached hydrogens (tertiary/aromatic N) is 1. The van der Waals surface area contributed by atoms with E-state index in [2.05, 4.69) is 21.2 Å². The topological polar surface area (TPSA) is 49.4 Å². The number of thiocarbonyl (C=S) groups is 1. The molecule has 130 valence electrons. The number of hydrogen-bond donors (Lipinski definition) is 1. The number of nitrogens with one attached hydrogen (secondary N) is 1. The average Bonchev–Trinajstić information content (AvgIpc) is 2.60. The second-order valence-electron chi connectivity index (χ2n) is 5.68. The minimum Gasteiger partial charge on any atom is -0.298 e. The largest absolute Gasteiger partial charge is 0.298 e. The van der Waals surface area contributed by atoms with Gasteiger partial charge in [-0.15, -0.1) is 0 Å². The summed E-state index contributed by atoms with van der Waals surface area (Å²) in [4.78, 5) is 26.5. The lowest BCUT2D eigenvalue weighted by Crippen LogP contribution is -2.54. The molecular formula is C20H15BrN2O2S. The molecule has 26 heavy (non-hydrogen) atoms. The fraction of sp³-hybridized carbons (Fsp3) is 0.0500. The van der Waals surface area contributed by atoms with Gasteiger partial charge in [-0.1, -0.05) is 58.4 Å². The molecule has 1 aliphatic heterocycles. The van der Waals surface area contributed by atoms with Crippen LogP contribution in [0.15, 0.2) is 70.7 Å². The zero-order valence-electron chi connectivity index (χ0n) is 13.9. The number of carbonyl (C=O) groups excluding carboxylic acids is 2. The molecular weight excluding hydrogens is 412 g/mol. The summed E-state index contributed by atoms with van der Waals surface area (Å²) in [5.41, 5.74) is 2.52. The molecule has 6 heteroatoms. The third-order valence-corrected chi connectivity index (χ3v) is 4.63. The van der Waals surface area contributed by atoms with Crippen LogP contribution >= 0.6 is 28.1 Å². The third kappa shape index (κ3) is 3.81. The van der Waals surface area contributed by atoms with Gasteiger partial charge in [-0.3, -0.25) is 19.8 Å². The first kappa shape index (κ1) is 18.2. The summed E-state index contributed by atoms with van der Waals surface area (Å²) in [7, 11) is 0. The Balaban J connectivity index is 1.93. The van der Waals surface area contributed by atoms with Gasteiger partial charge < -0.3 is 0 Å². The Morgan fingerprint density at radius 1 is 1.12 bits per heavy atom. The number of hydrogen-bond acceptors (Lipinski definition) is 3. The summed E-state index contributed by atoms with van der Waals surface area (Å²) < 4.78 is 0.903. The SMILES string of the molecule is Cc1cc(Br)ccc1N1C(=O)C(=CC=Cc2ccccc2)C(=O)NC1=S. The van der Waals surface area contributed by atoms with Crippen LogP contribution in [0.5, 0.6) is 0 Å². The molecule has 1 aliphatic rings. The van der Waals surface area contributed by atoms with E-state index in [1.807, 2.05) is 55.5 Å². The minimum absolute atomic E-state index is 0.0353. The van der Waals surface area contributed by atoms with Crippen LogP contribution in [0.2, 0.25) is 0 Å². The van der Waals surface area contributed by atoms with E-state index in [1.54, 1.807) is 12.1 Å². The van der Waals surface area contributed by atoms with Gasteiger partial charge in [0, 0.05) is 4.47 Å². The number of anilines is 1. The van der Waals surface area contributed by atoms with E-state index in [1.165, 1.54) is 11.0 Å². The Hall–Kier alpha value is -2.57. The number of amides is 2. The van der Waals surface area contributed by atoms with Crippen molar-refractivity contribution in [3.8, 4) is 0 Å². The molecule has 0 saturated carbocycles. The van der Waals surface area contributed by atoms with Gasteiger partial charge in [-0.05, 0) is 54.5 Å². The number of rotatable bonds is 3. The molecule has 1 heterocycles. The van der Waals surface area contributed by atoms with E-state index < -0.39 is 11.8 Å². The first-order chi connectivity index (χ1) is 12.5. The number of carbonyl (C=O) groups is 2. The monoisotopic (exact) mass is 426 g/mol. The molecule has 0 atom stereocenters. The molecule has 2 aromatic rings. The molecule has 0 spiro atoms. The van der Waals surface area contributed by atoms with Crippen molar-refractivity contribution in [2.24, 2.45) is 0 Å². The first-order valence-electron chi connectivity index (χ1n) is 7.86. The number of allylic oxidation sites excluding steroid dienone is 2. The van der Waals surface area contributed by atoms with Gasteiger partial charge in [-0.25, -0.2) is 0 Å². The van der Waals surface area contributed by atoms with Crippen molar-refractivity contribution < 1.29 is 9.59 Å². The molecule has 2 aromatic carbocycles. The van der Waals surface area contributed by atoms with Crippen molar-refractivity contribution in [3.05, 3.63) is 81.9 Å². The highest BCUT2D eigenvalue weighted by Gasteiger charge is 2.34. The molecule has 0 aromatic heterocycles. The summed E-state index contributed by atoms with van der Waals surface area (Å²) >= 11 is 8.62. The molecule has 0 bridgehead atoms. The molecule has 1 saturated heterocycles. The molecule has 1 N–H and O–H groups in total. The maximum Gasteiger partial charge on any atom is 0.270 e. The van der Waals surface area contributed by atoms with Crippen LogP contribution in [-0.2, 0) is 9.59 Å². The lowest BCUT2D eigenvalue weighted by molar-refractivity contribution is -0.122. The third-order valence-electron chi connectivity index (χ3n) is 3.85. The molecule has 0 unspecified atom stereocenters. The maximum atomic E-state index is 12.9. The normalized spacial score (nSPS) is 16.5. The van der Waals surface area contributed by atoms with E-state index in [4.69, 9.17) is 12.2 Å². The fourth-order valence-electron chi connectivity index (χ4n) is 2.59. The smallest absolute Gasteiger partial charge is 0.270 e. The van der Waals surface area contributed by atoms with Crippen molar-refractivity contribution in [2.75, 3.05) is 4.90 Å². The van der Waals surface area contributed by atoms with Gasteiger partial charge in [0.1, 0.15) is 5.57 Å². The van der Waals surface area contributed by atoms with Crippen molar-refractivity contribution in [1.82, 2.24) is 5.32 Å². The predicted octanol–water partition coefficient (Wildman–Crippen LogP) is 4.15.